The van der Waals surface area contributed by atoms with Crippen LogP contribution in [0.4, 0.5) is 0 Å². The van der Waals surface area contributed by atoms with Crippen LogP contribution in [0.5, 0.6) is 0 Å². The molecule has 0 aliphatic carbocycles. The Labute approximate surface area is 88.1 Å². The van der Waals surface area contributed by atoms with Crippen molar-refractivity contribution >= 4 is 0 Å². The molecule has 0 amide bonds. The molecule has 0 fully saturated rings. The van der Waals surface area contributed by atoms with E-state index in [1.165, 1.54) is 19.3 Å². The minimum atomic E-state index is -0.125. The molecule has 0 aliphatic rings. The Morgan fingerprint density at radius 1 is 1.14 bits per heavy atom. The molecule has 14 heavy (non-hydrogen) atoms. The molecule has 0 radical (unpaired) electrons. The average Bonchev–Trinajstić information content (AvgIpc) is 2.24. The topological polar surface area (TPSA) is 49.7 Å². The molecule has 0 aromatic carbocycles. The van der Waals surface area contributed by atoms with Crippen LogP contribution < -0.4 is 0 Å². The lowest BCUT2D eigenvalue weighted by molar-refractivity contribution is 0.101. The van der Waals surface area contributed by atoms with Crippen LogP contribution >= 0.6 is 0 Å². The van der Waals surface area contributed by atoms with Crippen LogP contribution in [-0.2, 0) is 4.74 Å². The van der Waals surface area contributed by atoms with Gasteiger partial charge in [0.05, 0.1) is 13.2 Å². The smallest absolute Gasteiger partial charge is 0.0662 e. The van der Waals surface area contributed by atoms with Crippen molar-refractivity contribution in [3.63, 3.8) is 0 Å². The van der Waals surface area contributed by atoms with E-state index in [0.29, 0.717) is 0 Å². The molecule has 1 atom stereocenters. The van der Waals surface area contributed by atoms with Crippen LogP contribution in [0.25, 0.3) is 0 Å². The lowest BCUT2D eigenvalue weighted by atomic mass is 10.1. The van der Waals surface area contributed by atoms with Crippen molar-refractivity contribution in [3.8, 4) is 0 Å². The van der Waals surface area contributed by atoms with Crippen molar-refractivity contribution in [2.45, 2.75) is 40.0 Å². The molecular weight excluding hydrogens is 180 g/mol. The van der Waals surface area contributed by atoms with Gasteiger partial charge in [0.15, 0.2) is 0 Å². The third-order valence-corrected chi connectivity index (χ3v) is 1.84. The number of hydrogen-bond acceptors (Lipinski definition) is 3. The van der Waals surface area contributed by atoms with E-state index >= 15 is 0 Å². The zero-order valence-corrected chi connectivity index (χ0v) is 9.83. The largest absolute Gasteiger partial charge is 0.394 e. The zero-order chi connectivity index (χ0) is 11.2. The van der Waals surface area contributed by atoms with E-state index in [0.717, 1.165) is 19.1 Å². The molecular formula is C11H26O3. The molecule has 88 valence electrons. The average molecular weight is 206 g/mol. The predicted molar refractivity (Wildman–Crippen MR) is 59.4 cm³/mol. The van der Waals surface area contributed by atoms with E-state index in [9.17, 15) is 0 Å². The van der Waals surface area contributed by atoms with E-state index in [1.807, 2.05) is 0 Å². The maximum absolute atomic E-state index is 7.62. The summed E-state index contributed by atoms with van der Waals surface area (Å²) in [5, 5.41) is 15.2. The van der Waals surface area contributed by atoms with Crippen molar-refractivity contribution in [2.75, 3.05) is 26.4 Å². The molecule has 0 bridgehead atoms. The summed E-state index contributed by atoms with van der Waals surface area (Å²) in [6.07, 6.45) is 3.67. The Hall–Kier alpha value is -0.120. The zero-order valence-electron chi connectivity index (χ0n) is 9.83. The summed E-state index contributed by atoms with van der Waals surface area (Å²) >= 11 is 0. The minimum Gasteiger partial charge on any atom is -0.394 e. The molecule has 0 spiro atoms. The lowest BCUT2D eigenvalue weighted by Gasteiger charge is -2.07. The van der Waals surface area contributed by atoms with Crippen LogP contribution in [0.3, 0.4) is 0 Å². The lowest BCUT2D eigenvalue weighted by Crippen LogP contribution is -2.05. The van der Waals surface area contributed by atoms with Crippen LogP contribution in [0.15, 0.2) is 0 Å². The Bertz CT molecular complexity index is 84.6. The van der Waals surface area contributed by atoms with Crippen LogP contribution in [0.1, 0.15) is 40.0 Å². The quantitative estimate of drug-likeness (QED) is 0.625. The van der Waals surface area contributed by atoms with E-state index in [4.69, 9.17) is 14.9 Å². The SMILES string of the molecule is CCCCOCC(C)CC.OCCO. The molecule has 1 unspecified atom stereocenters. The van der Waals surface area contributed by atoms with Gasteiger partial charge in [0.2, 0.25) is 0 Å². The van der Waals surface area contributed by atoms with Crippen molar-refractivity contribution in [2.24, 2.45) is 5.92 Å². The van der Waals surface area contributed by atoms with Gasteiger partial charge in [-0.25, -0.2) is 0 Å². The molecule has 3 nitrogen and oxygen atoms in total. The number of ether oxygens (including phenoxy) is 1. The first-order chi connectivity index (χ1) is 6.72. The fourth-order valence-corrected chi connectivity index (χ4v) is 0.649. The van der Waals surface area contributed by atoms with Gasteiger partial charge < -0.3 is 14.9 Å². The second-order valence-electron chi connectivity index (χ2n) is 3.39. The van der Waals surface area contributed by atoms with E-state index in [1.54, 1.807) is 0 Å². The molecule has 0 rings (SSSR count). The molecule has 0 aliphatic heterocycles. The highest BCUT2D eigenvalue weighted by molar-refractivity contribution is 4.45. The molecule has 0 saturated carbocycles. The van der Waals surface area contributed by atoms with Gasteiger partial charge in [-0.15, -0.1) is 0 Å². The molecule has 2 N–H and O–H groups in total. The van der Waals surface area contributed by atoms with Gasteiger partial charge in [0.25, 0.3) is 0 Å². The van der Waals surface area contributed by atoms with Crippen molar-refractivity contribution < 1.29 is 14.9 Å². The maximum atomic E-state index is 7.62. The maximum Gasteiger partial charge on any atom is 0.0662 e. The van der Waals surface area contributed by atoms with Gasteiger partial charge in [0.1, 0.15) is 0 Å². The monoisotopic (exact) mass is 206 g/mol. The van der Waals surface area contributed by atoms with Crippen molar-refractivity contribution in [3.05, 3.63) is 0 Å². The number of aliphatic hydroxyl groups excluding tert-OH is 2. The Balaban J connectivity index is 0. The van der Waals surface area contributed by atoms with Crippen molar-refractivity contribution in [1.29, 1.82) is 0 Å². The Morgan fingerprint density at radius 2 is 1.71 bits per heavy atom. The molecule has 0 aromatic rings. The van der Waals surface area contributed by atoms with Crippen LogP contribution in [0.2, 0.25) is 0 Å². The summed E-state index contributed by atoms with van der Waals surface area (Å²) in [4.78, 5) is 0. The van der Waals surface area contributed by atoms with E-state index in [-0.39, 0.29) is 13.2 Å². The summed E-state index contributed by atoms with van der Waals surface area (Å²) in [5.41, 5.74) is 0. The molecule has 0 heterocycles. The number of aliphatic hydroxyl groups is 2. The fraction of sp³-hybridized carbons (Fsp3) is 1.00. The second kappa shape index (κ2) is 15.4. The fourth-order valence-electron chi connectivity index (χ4n) is 0.649. The predicted octanol–water partition coefficient (Wildman–Crippen LogP) is 1.82. The summed E-state index contributed by atoms with van der Waals surface area (Å²) in [5.74, 6) is 0.733. The van der Waals surface area contributed by atoms with Gasteiger partial charge >= 0.3 is 0 Å². The van der Waals surface area contributed by atoms with Gasteiger partial charge in [-0.2, -0.15) is 0 Å². The number of unbranched alkanes of at least 4 members (excludes halogenated alkanes) is 1. The summed E-state index contributed by atoms with van der Waals surface area (Å²) in [7, 11) is 0. The first kappa shape index (κ1) is 16.3. The Morgan fingerprint density at radius 3 is 2.07 bits per heavy atom. The van der Waals surface area contributed by atoms with Crippen LogP contribution in [0, 0.1) is 5.92 Å². The third-order valence-electron chi connectivity index (χ3n) is 1.84. The van der Waals surface area contributed by atoms with Gasteiger partial charge in [0, 0.05) is 13.2 Å². The van der Waals surface area contributed by atoms with Crippen LogP contribution in [-0.4, -0.2) is 36.6 Å². The summed E-state index contributed by atoms with van der Waals surface area (Å²) in [6, 6.07) is 0. The summed E-state index contributed by atoms with van der Waals surface area (Å²) in [6.45, 7) is 8.25. The minimum absolute atomic E-state index is 0.125. The summed E-state index contributed by atoms with van der Waals surface area (Å²) < 4.78 is 5.43. The third kappa shape index (κ3) is 17.8. The van der Waals surface area contributed by atoms with Gasteiger partial charge in [-0.1, -0.05) is 33.6 Å². The number of rotatable bonds is 7. The second-order valence-corrected chi connectivity index (χ2v) is 3.39. The molecule has 3 heteroatoms. The standard InChI is InChI=1S/C9H20O.C2H6O2/c1-4-6-7-10-8-9(3)5-2;3-1-2-4/h9H,4-8H2,1-3H3;3-4H,1-2H2. The Kier molecular flexibility index (Phi) is 17.9. The van der Waals surface area contributed by atoms with Crippen molar-refractivity contribution in [1.82, 2.24) is 0 Å². The molecule has 0 aromatic heterocycles. The van der Waals surface area contributed by atoms with Gasteiger partial charge in [-0.05, 0) is 12.3 Å². The normalized spacial score (nSPS) is 11.8. The first-order valence-electron chi connectivity index (χ1n) is 5.52. The number of hydrogen-bond donors (Lipinski definition) is 2. The highest BCUT2D eigenvalue weighted by Crippen LogP contribution is 2.00. The van der Waals surface area contributed by atoms with E-state index in [2.05, 4.69) is 20.8 Å². The first-order valence-corrected chi connectivity index (χ1v) is 5.52. The molecule has 0 saturated heterocycles. The highest BCUT2D eigenvalue weighted by atomic mass is 16.5. The van der Waals surface area contributed by atoms with E-state index < -0.39 is 0 Å². The highest BCUT2D eigenvalue weighted by Gasteiger charge is 1.96. The van der Waals surface area contributed by atoms with Gasteiger partial charge in [-0.3, -0.25) is 0 Å².